The van der Waals surface area contributed by atoms with E-state index in [4.69, 9.17) is 28.3 Å². The Bertz CT molecular complexity index is 2390. The number of amides is 5. The first-order valence-corrected chi connectivity index (χ1v) is 23.3. The highest BCUT2D eigenvalue weighted by molar-refractivity contribution is 14.1. The molecule has 5 atom stereocenters. The molecule has 368 valence electrons. The summed E-state index contributed by atoms with van der Waals surface area (Å²) < 4.78 is 36.1. The first-order chi connectivity index (χ1) is 31.8. The normalized spacial score (nSPS) is 18.9. The SMILES string of the molecule is CC[C@H](C)[C@H](NC(=O)[C@H](Cc1ccc(OC)c(B2OC(C)(C)C(C)(C)O2)c1)NC(=O)OC(C)(C)C)C(=O)N[C@H]1Cc2cc(I)c(OC)c(c2)Oc2ccc(cc2[N+](=O)[O-])C[C@@H](C(=O)NC)NC1=O. The van der Waals surface area contributed by atoms with Crippen LogP contribution in [0.3, 0.4) is 0 Å². The predicted octanol–water partition coefficient (Wildman–Crippen LogP) is 4.79. The molecule has 1 saturated heterocycles. The van der Waals surface area contributed by atoms with E-state index < -0.39 is 88.7 Å². The van der Waals surface area contributed by atoms with Gasteiger partial charge in [-0.2, -0.15) is 0 Å². The van der Waals surface area contributed by atoms with Gasteiger partial charge >= 0.3 is 18.9 Å². The molecule has 0 aromatic heterocycles. The molecule has 0 unspecified atom stereocenters. The topological polar surface area (TPSA) is 244 Å². The maximum atomic E-state index is 14.6. The molecule has 68 heavy (non-hydrogen) atoms. The highest BCUT2D eigenvalue weighted by atomic mass is 127. The number of nitrogens with zero attached hydrogens (tertiary/aromatic N) is 1. The molecule has 3 heterocycles. The number of fused-ring (bicyclic) bond motifs is 7. The van der Waals surface area contributed by atoms with Gasteiger partial charge in [0.2, 0.25) is 29.4 Å². The second kappa shape index (κ2) is 21.7. The fourth-order valence-electron chi connectivity index (χ4n) is 7.56. The summed E-state index contributed by atoms with van der Waals surface area (Å²) in [5.41, 5.74) is -0.621. The summed E-state index contributed by atoms with van der Waals surface area (Å²) in [5.74, 6) is -2.49. The van der Waals surface area contributed by atoms with Crippen molar-refractivity contribution in [1.29, 1.82) is 0 Å². The second-order valence-electron chi connectivity index (χ2n) is 18.9. The van der Waals surface area contributed by atoms with Crippen LogP contribution >= 0.6 is 22.6 Å². The van der Waals surface area contributed by atoms with Crippen molar-refractivity contribution in [3.05, 3.63) is 78.9 Å². The third-order valence-electron chi connectivity index (χ3n) is 12.1. The van der Waals surface area contributed by atoms with E-state index in [1.165, 1.54) is 33.4 Å². The molecule has 21 heteroatoms. The van der Waals surface area contributed by atoms with E-state index in [1.54, 1.807) is 64.1 Å². The van der Waals surface area contributed by atoms with Crippen molar-refractivity contribution in [1.82, 2.24) is 26.6 Å². The van der Waals surface area contributed by atoms with Gasteiger partial charge in [-0.3, -0.25) is 29.3 Å². The molecule has 0 radical (unpaired) electrons. The number of nitro groups is 1. The molecule has 3 aliphatic rings. The van der Waals surface area contributed by atoms with Gasteiger partial charge in [-0.15, -0.1) is 0 Å². The largest absolute Gasteiger partial charge is 0.498 e. The van der Waals surface area contributed by atoms with Crippen LogP contribution in [-0.4, -0.2) is 104 Å². The number of hydrogen-bond donors (Lipinski definition) is 5. The summed E-state index contributed by atoms with van der Waals surface area (Å²) in [6.45, 7) is 16.4. The molecule has 5 N–H and O–H groups in total. The highest BCUT2D eigenvalue weighted by Gasteiger charge is 2.52. The summed E-state index contributed by atoms with van der Waals surface area (Å²) in [4.78, 5) is 81.8. The standard InChI is InChI=1S/C47H62BIN6O13/c1-13-25(2)38(54-42(58)33(53-44(60)66-45(3,4)5)20-26-14-16-35(63-11)29(18-26)48-67-46(6,7)47(8,9)68-48)43(59)52-32-22-28-19-30(49)39(64-12)37(24-28)65-36-17-15-27(23-34(36)55(61)62)21-31(40(56)50-10)51-41(32)57/h14-19,23-25,31-33,38H,13,20-22H2,1-12H3,(H,50,56)(H,51,57)(H,52,59)(H,53,60)(H,54,58)/t25-,31-,32-,33-,38-/m0/s1. The number of carbonyl (C=O) groups excluding carboxylic acids is 5. The van der Waals surface area contributed by atoms with Crippen molar-refractivity contribution in [2.45, 2.75) is 129 Å². The number of methoxy groups -OCH3 is 2. The monoisotopic (exact) mass is 1060 g/mol. The number of carbonyl (C=O) groups is 5. The Morgan fingerprint density at radius 1 is 0.941 bits per heavy atom. The van der Waals surface area contributed by atoms with Crippen LogP contribution < -0.4 is 46.3 Å². The molecule has 19 nitrogen and oxygen atoms in total. The molecule has 3 aromatic rings. The Balaban J connectivity index is 1.50. The van der Waals surface area contributed by atoms with Crippen LogP contribution in [0.2, 0.25) is 0 Å². The van der Waals surface area contributed by atoms with E-state index in [2.05, 4.69) is 26.6 Å². The summed E-state index contributed by atoms with van der Waals surface area (Å²) in [6.07, 6.45) is -0.818. The first kappa shape index (κ1) is 53.3. The van der Waals surface area contributed by atoms with Crippen LogP contribution in [0, 0.1) is 19.6 Å². The number of likely N-dealkylation sites (N-methyl/N-ethyl adjacent to an activating group) is 1. The van der Waals surface area contributed by atoms with Gasteiger partial charge in [0.15, 0.2) is 11.5 Å². The number of halogens is 1. The summed E-state index contributed by atoms with van der Waals surface area (Å²) in [6, 6.07) is 7.65. The molecule has 6 rings (SSSR count). The maximum absolute atomic E-state index is 14.6. The molecular formula is C47H62BIN6O13. The van der Waals surface area contributed by atoms with E-state index in [-0.39, 0.29) is 42.2 Å². The number of benzene rings is 3. The zero-order chi connectivity index (χ0) is 50.5. The fourth-order valence-corrected chi connectivity index (χ4v) is 8.45. The Hall–Kier alpha value is -5.68. The molecule has 1 fully saturated rings. The zero-order valence-electron chi connectivity index (χ0n) is 40.5. The van der Waals surface area contributed by atoms with E-state index in [9.17, 15) is 34.1 Å². The Morgan fingerprint density at radius 3 is 2.21 bits per heavy atom. The lowest BCUT2D eigenvalue weighted by Crippen LogP contribution is -2.60. The van der Waals surface area contributed by atoms with Crippen LogP contribution in [0.5, 0.6) is 23.0 Å². The number of alkyl carbamates (subject to hydrolysis) is 1. The lowest BCUT2D eigenvalue weighted by atomic mass is 9.77. The smallest absolute Gasteiger partial charge is 0.497 e. The first-order valence-electron chi connectivity index (χ1n) is 22.3. The van der Waals surface area contributed by atoms with Gasteiger partial charge in [0.1, 0.15) is 35.5 Å². The van der Waals surface area contributed by atoms with Crippen molar-refractivity contribution in [3.63, 3.8) is 0 Å². The maximum Gasteiger partial charge on any atom is 0.498 e. The Kier molecular flexibility index (Phi) is 17.0. The van der Waals surface area contributed by atoms with Gasteiger partial charge < -0.3 is 54.8 Å². The van der Waals surface area contributed by atoms with E-state index in [0.29, 0.717) is 37.9 Å². The van der Waals surface area contributed by atoms with Crippen molar-refractivity contribution in [3.8, 4) is 23.0 Å². The Morgan fingerprint density at radius 2 is 1.62 bits per heavy atom. The third-order valence-corrected chi connectivity index (χ3v) is 12.9. The average Bonchev–Trinajstić information content (AvgIpc) is 3.48. The molecule has 3 aliphatic heterocycles. The third kappa shape index (κ3) is 12.9. The van der Waals surface area contributed by atoms with Gasteiger partial charge in [0.25, 0.3) is 0 Å². The predicted molar refractivity (Wildman–Crippen MR) is 261 cm³/mol. The minimum absolute atomic E-state index is 0.0610. The number of hydrogen-bond acceptors (Lipinski definition) is 13. The average molecular weight is 1060 g/mol. The van der Waals surface area contributed by atoms with Crippen LogP contribution in [0.1, 0.15) is 85.4 Å². The van der Waals surface area contributed by atoms with Crippen molar-refractivity contribution < 1.29 is 57.2 Å². The van der Waals surface area contributed by atoms with Crippen LogP contribution in [-0.2, 0) is 52.5 Å². The molecule has 0 saturated carbocycles. The fraction of sp³-hybridized carbons (Fsp3) is 0.511. The molecule has 3 aromatic carbocycles. The number of nitro benzene ring substituents is 1. The number of ether oxygens (including phenoxy) is 4. The van der Waals surface area contributed by atoms with E-state index in [0.717, 1.165) is 0 Å². The van der Waals surface area contributed by atoms with Crippen molar-refractivity contribution in [2.75, 3.05) is 21.3 Å². The van der Waals surface area contributed by atoms with Crippen LogP contribution in [0.4, 0.5) is 10.5 Å². The zero-order valence-corrected chi connectivity index (χ0v) is 42.7. The molecular weight excluding hydrogens is 994 g/mol. The van der Waals surface area contributed by atoms with Gasteiger partial charge in [-0.1, -0.05) is 38.5 Å². The number of rotatable bonds is 14. The van der Waals surface area contributed by atoms with Gasteiger partial charge in [-0.25, -0.2) is 4.79 Å². The summed E-state index contributed by atoms with van der Waals surface area (Å²) >= 11 is 2.01. The van der Waals surface area contributed by atoms with Crippen LogP contribution in [0.25, 0.3) is 0 Å². The lowest BCUT2D eigenvalue weighted by molar-refractivity contribution is -0.385. The quantitative estimate of drug-likeness (QED) is 0.0632. The van der Waals surface area contributed by atoms with E-state index in [1.807, 2.05) is 57.2 Å². The number of nitrogens with one attached hydrogen (secondary N) is 5. The Labute approximate surface area is 410 Å². The highest BCUT2D eigenvalue weighted by Crippen LogP contribution is 2.41. The van der Waals surface area contributed by atoms with Gasteiger partial charge in [-0.05, 0) is 118 Å². The molecule has 4 bridgehead atoms. The van der Waals surface area contributed by atoms with Crippen LogP contribution in [0.15, 0.2) is 48.5 Å². The van der Waals surface area contributed by atoms with Crippen molar-refractivity contribution >= 4 is 70.6 Å². The van der Waals surface area contributed by atoms with Gasteiger partial charge in [0, 0.05) is 37.8 Å². The molecule has 0 spiro atoms. The minimum Gasteiger partial charge on any atom is -0.497 e. The summed E-state index contributed by atoms with van der Waals surface area (Å²) in [7, 11) is 3.52. The summed E-state index contributed by atoms with van der Waals surface area (Å²) in [5, 5.41) is 25.9. The second-order valence-corrected chi connectivity index (χ2v) is 20.0. The molecule has 0 aliphatic carbocycles. The minimum atomic E-state index is -1.34. The van der Waals surface area contributed by atoms with E-state index >= 15 is 0 Å². The van der Waals surface area contributed by atoms with Crippen molar-refractivity contribution in [2.24, 2.45) is 5.92 Å². The van der Waals surface area contributed by atoms with Gasteiger partial charge in [0.05, 0.1) is 33.9 Å². The molecule has 5 amide bonds. The lowest BCUT2D eigenvalue weighted by Gasteiger charge is -2.32.